The van der Waals surface area contributed by atoms with Gasteiger partial charge in [-0.15, -0.1) is 0 Å². The molecular formula is C19H25N7O. The van der Waals surface area contributed by atoms with E-state index < -0.39 is 0 Å². The van der Waals surface area contributed by atoms with Crippen LogP contribution in [0.2, 0.25) is 0 Å². The molecule has 3 aromatic rings. The van der Waals surface area contributed by atoms with Gasteiger partial charge in [0.2, 0.25) is 5.88 Å². The molecule has 0 aromatic carbocycles. The van der Waals surface area contributed by atoms with Gasteiger partial charge in [-0.05, 0) is 39.5 Å². The number of ether oxygens (including phenoxy) is 1. The van der Waals surface area contributed by atoms with Crippen molar-refractivity contribution in [3.63, 3.8) is 0 Å². The summed E-state index contributed by atoms with van der Waals surface area (Å²) >= 11 is 0. The minimum absolute atomic E-state index is 0.511. The fourth-order valence-corrected chi connectivity index (χ4v) is 3.55. The van der Waals surface area contributed by atoms with E-state index in [4.69, 9.17) is 4.74 Å². The minimum Gasteiger partial charge on any atom is -0.477 e. The molecule has 4 rings (SSSR count). The van der Waals surface area contributed by atoms with Crippen LogP contribution in [0.1, 0.15) is 29.9 Å². The molecule has 1 aliphatic heterocycles. The van der Waals surface area contributed by atoms with E-state index in [1.54, 1.807) is 12.7 Å². The van der Waals surface area contributed by atoms with Gasteiger partial charge in [0.25, 0.3) is 0 Å². The molecule has 1 fully saturated rings. The maximum absolute atomic E-state index is 6.04. The number of hydrogen-bond acceptors (Lipinski definition) is 7. The van der Waals surface area contributed by atoms with Gasteiger partial charge in [-0.25, -0.2) is 19.9 Å². The fraction of sp³-hybridized carbons (Fsp3) is 0.526. The maximum Gasteiger partial charge on any atom is 0.219 e. The van der Waals surface area contributed by atoms with E-state index in [1.807, 2.05) is 32.4 Å². The first-order chi connectivity index (χ1) is 13.0. The second-order valence-electron chi connectivity index (χ2n) is 7.25. The Labute approximate surface area is 158 Å². The molecule has 0 atom stereocenters. The average molecular weight is 367 g/mol. The molecule has 0 aliphatic carbocycles. The number of hydrogen-bond donors (Lipinski definition) is 0. The van der Waals surface area contributed by atoms with Gasteiger partial charge in [-0.1, -0.05) is 0 Å². The van der Waals surface area contributed by atoms with Crippen LogP contribution in [0.15, 0.2) is 12.7 Å². The molecule has 0 unspecified atom stereocenters. The lowest BCUT2D eigenvalue weighted by atomic mass is 9.98. The van der Waals surface area contributed by atoms with Crippen LogP contribution in [-0.2, 0) is 7.05 Å². The molecule has 1 saturated heterocycles. The summed E-state index contributed by atoms with van der Waals surface area (Å²) in [6.45, 7) is 8.48. The molecule has 8 nitrogen and oxygen atoms in total. The summed E-state index contributed by atoms with van der Waals surface area (Å²) in [5, 5.41) is 0. The highest BCUT2D eigenvalue weighted by Crippen LogP contribution is 2.27. The van der Waals surface area contributed by atoms with Crippen LogP contribution in [0.4, 0.5) is 5.82 Å². The molecule has 1 aliphatic rings. The number of nitrogens with zero attached hydrogens (tertiary/aromatic N) is 7. The van der Waals surface area contributed by atoms with Crippen LogP contribution in [0.25, 0.3) is 11.2 Å². The van der Waals surface area contributed by atoms with Crippen molar-refractivity contribution < 1.29 is 4.74 Å². The summed E-state index contributed by atoms with van der Waals surface area (Å²) < 4.78 is 7.97. The number of piperidine rings is 1. The predicted molar refractivity (Wildman–Crippen MR) is 103 cm³/mol. The zero-order valence-electron chi connectivity index (χ0n) is 16.3. The topological polar surface area (TPSA) is 81.9 Å². The monoisotopic (exact) mass is 367 g/mol. The van der Waals surface area contributed by atoms with Crippen LogP contribution < -0.4 is 9.64 Å². The highest BCUT2D eigenvalue weighted by Gasteiger charge is 2.23. The molecule has 8 heteroatoms. The predicted octanol–water partition coefficient (Wildman–Crippen LogP) is 2.37. The lowest BCUT2D eigenvalue weighted by Crippen LogP contribution is -2.36. The van der Waals surface area contributed by atoms with Crippen LogP contribution in [0.5, 0.6) is 5.88 Å². The van der Waals surface area contributed by atoms with Gasteiger partial charge in [-0.2, -0.15) is 4.98 Å². The van der Waals surface area contributed by atoms with E-state index in [9.17, 15) is 0 Å². The number of aromatic nitrogens is 6. The van der Waals surface area contributed by atoms with Crippen molar-refractivity contribution in [1.29, 1.82) is 0 Å². The van der Waals surface area contributed by atoms with Crippen LogP contribution in [0, 0.1) is 26.7 Å². The van der Waals surface area contributed by atoms with Crippen LogP contribution >= 0.6 is 0 Å². The first-order valence-electron chi connectivity index (χ1n) is 9.34. The van der Waals surface area contributed by atoms with E-state index in [0.29, 0.717) is 18.4 Å². The summed E-state index contributed by atoms with van der Waals surface area (Å²) in [5.74, 6) is 2.91. The third kappa shape index (κ3) is 3.43. The minimum atomic E-state index is 0.511. The first-order valence-corrected chi connectivity index (χ1v) is 9.34. The lowest BCUT2D eigenvalue weighted by Gasteiger charge is -2.32. The molecule has 142 valence electrons. The Balaban J connectivity index is 1.39. The van der Waals surface area contributed by atoms with Gasteiger partial charge in [0, 0.05) is 31.4 Å². The number of aryl methyl sites for hydroxylation is 3. The maximum atomic E-state index is 6.04. The molecule has 0 radical (unpaired) electrons. The van der Waals surface area contributed by atoms with Crippen molar-refractivity contribution in [1.82, 2.24) is 29.5 Å². The van der Waals surface area contributed by atoms with Gasteiger partial charge in [-0.3, -0.25) is 0 Å². The van der Waals surface area contributed by atoms with Gasteiger partial charge in [0.15, 0.2) is 17.0 Å². The van der Waals surface area contributed by atoms with Crippen LogP contribution in [-0.4, -0.2) is 49.2 Å². The SMILES string of the molecule is Cc1nc(C)c(C)c(OCC2CCN(c3ncnc4c3ncn4C)CC2)n1. The third-order valence-electron chi connectivity index (χ3n) is 5.30. The average Bonchev–Trinajstić information content (AvgIpc) is 3.05. The Kier molecular flexibility index (Phi) is 4.63. The van der Waals surface area contributed by atoms with E-state index in [-0.39, 0.29) is 0 Å². The van der Waals surface area contributed by atoms with Crippen molar-refractivity contribution >= 4 is 17.0 Å². The summed E-state index contributed by atoms with van der Waals surface area (Å²) in [6.07, 6.45) is 5.52. The Morgan fingerprint density at radius 3 is 2.63 bits per heavy atom. The van der Waals surface area contributed by atoms with Crippen molar-refractivity contribution in [2.45, 2.75) is 33.6 Å². The smallest absolute Gasteiger partial charge is 0.219 e. The molecule has 0 N–H and O–H groups in total. The molecule has 0 spiro atoms. The largest absolute Gasteiger partial charge is 0.477 e. The highest BCUT2D eigenvalue weighted by atomic mass is 16.5. The van der Waals surface area contributed by atoms with Gasteiger partial charge in [0.1, 0.15) is 12.2 Å². The zero-order valence-corrected chi connectivity index (χ0v) is 16.3. The third-order valence-corrected chi connectivity index (χ3v) is 5.30. The van der Waals surface area contributed by atoms with E-state index in [2.05, 4.69) is 29.8 Å². The second kappa shape index (κ2) is 7.09. The summed E-state index contributed by atoms with van der Waals surface area (Å²) in [6, 6.07) is 0. The fourth-order valence-electron chi connectivity index (χ4n) is 3.55. The Hall–Kier alpha value is -2.77. The summed E-state index contributed by atoms with van der Waals surface area (Å²) in [5.41, 5.74) is 3.75. The molecule has 27 heavy (non-hydrogen) atoms. The number of imidazole rings is 1. The number of rotatable bonds is 4. The Morgan fingerprint density at radius 2 is 1.85 bits per heavy atom. The standard InChI is InChI=1S/C19H25N7O/c1-12-13(2)23-14(3)24-19(12)27-9-15-5-7-26(8-6-15)18-16-17(20-10-21-18)25(4)11-22-16/h10-11,15H,5-9H2,1-4H3. The normalized spacial score (nSPS) is 15.5. The van der Waals surface area contributed by atoms with E-state index in [0.717, 1.165) is 60.0 Å². The van der Waals surface area contributed by atoms with Crippen molar-refractivity contribution in [2.24, 2.45) is 13.0 Å². The first kappa shape index (κ1) is 17.6. The Morgan fingerprint density at radius 1 is 1.07 bits per heavy atom. The molecule has 0 bridgehead atoms. The summed E-state index contributed by atoms with van der Waals surface area (Å²) in [4.78, 5) is 24.4. The van der Waals surface area contributed by atoms with Crippen molar-refractivity contribution in [3.05, 3.63) is 29.7 Å². The van der Waals surface area contributed by atoms with E-state index in [1.165, 1.54) is 0 Å². The Bertz CT molecular complexity index is 960. The van der Waals surface area contributed by atoms with Crippen LogP contribution in [0.3, 0.4) is 0 Å². The lowest BCUT2D eigenvalue weighted by molar-refractivity contribution is 0.214. The zero-order chi connectivity index (χ0) is 19.0. The number of anilines is 1. The van der Waals surface area contributed by atoms with Gasteiger partial charge in [0.05, 0.1) is 12.9 Å². The second-order valence-corrected chi connectivity index (χ2v) is 7.25. The van der Waals surface area contributed by atoms with Gasteiger partial charge < -0.3 is 14.2 Å². The molecule has 4 heterocycles. The number of fused-ring (bicyclic) bond motifs is 1. The molecule has 3 aromatic heterocycles. The molecule has 0 amide bonds. The van der Waals surface area contributed by atoms with E-state index >= 15 is 0 Å². The van der Waals surface area contributed by atoms with Gasteiger partial charge >= 0.3 is 0 Å². The molecule has 0 saturated carbocycles. The molecular weight excluding hydrogens is 342 g/mol. The quantitative estimate of drug-likeness (QED) is 0.700. The highest BCUT2D eigenvalue weighted by molar-refractivity contribution is 5.83. The summed E-state index contributed by atoms with van der Waals surface area (Å²) in [7, 11) is 1.95. The van der Waals surface area contributed by atoms with Crippen molar-refractivity contribution in [2.75, 3.05) is 24.6 Å². The van der Waals surface area contributed by atoms with Crippen molar-refractivity contribution in [3.8, 4) is 5.88 Å².